The molecule has 2 amide bonds. The molecule has 0 radical (unpaired) electrons. The molecule has 0 atom stereocenters. The van der Waals surface area contributed by atoms with E-state index in [1.165, 1.54) is 45.3 Å². The Bertz CT molecular complexity index is 1050. The number of sulfone groups is 1. The van der Waals surface area contributed by atoms with Gasteiger partial charge in [0.25, 0.3) is 11.8 Å². The maximum absolute atomic E-state index is 12.6. The second-order valence-corrected chi connectivity index (χ2v) is 8.15. The molecule has 30 heavy (non-hydrogen) atoms. The normalized spacial score (nSPS) is 11.2. The highest BCUT2D eigenvalue weighted by atomic mass is 32.2. The van der Waals surface area contributed by atoms with E-state index >= 15 is 0 Å². The zero-order valence-electron chi connectivity index (χ0n) is 16.6. The van der Waals surface area contributed by atoms with Crippen molar-refractivity contribution in [2.45, 2.75) is 10.7 Å². The van der Waals surface area contributed by atoms with Crippen LogP contribution in [0.1, 0.15) is 20.7 Å². The molecule has 0 saturated heterocycles. The van der Waals surface area contributed by atoms with Crippen LogP contribution in [-0.4, -0.2) is 59.2 Å². The van der Waals surface area contributed by atoms with Crippen LogP contribution < -0.4 is 14.8 Å². The Kier molecular flexibility index (Phi) is 6.98. The smallest absolute Gasteiger partial charge is 0.341 e. The van der Waals surface area contributed by atoms with Crippen LogP contribution in [0.3, 0.4) is 0 Å². The van der Waals surface area contributed by atoms with Crippen molar-refractivity contribution in [3.63, 3.8) is 0 Å². The minimum Gasteiger partial charge on any atom is -0.493 e. The predicted molar refractivity (Wildman–Crippen MR) is 105 cm³/mol. The first-order chi connectivity index (χ1) is 14.0. The number of ether oxygens (including phenoxy) is 2. The van der Waals surface area contributed by atoms with Gasteiger partial charge in [0.2, 0.25) is 9.84 Å². The second-order valence-electron chi connectivity index (χ2n) is 6.24. The van der Waals surface area contributed by atoms with Crippen LogP contribution in [0.15, 0.2) is 41.3 Å². The fourth-order valence-electron chi connectivity index (χ4n) is 2.49. The Balaban J connectivity index is 2.41. The molecule has 0 aliphatic carbocycles. The summed E-state index contributed by atoms with van der Waals surface area (Å²) in [6, 6.07) is 6.84. The number of amides is 2. The van der Waals surface area contributed by atoms with Crippen molar-refractivity contribution >= 4 is 27.3 Å². The molecule has 0 aliphatic heterocycles. The number of halogens is 2. The maximum atomic E-state index is 12.6. The highest BCUT2D eigenvalue weighted by molar-refractivity contribution is 7.91. The van der Waals surface area contributed by atoms with Gasteiger partial charge in [0.05, 0.1) is 30.4 Å². The number of carbonyl (C=O) groups excluding carboxylic acids is 2. The molecule has 0 saturated carbocycles. The molecule has 0 spiro atoms. The lowest BCUT2D eigenvalue weighted by Crippen LogP contribution is -2.24. The molecule has 8 nitrogen and oxygen atoms in total. The molecule has 2 rings (SSSR count). The van der Waals surface area contributed by atoms with Crippen molar-refractivity contribution in [2.24, 2.45) is 0 Å². The first-order valence-corrected chi connectivity index (χ1v) is 9.98. The summed E-state index contributed by atoms with van der Waals surface area (Å²) in [5.74, 6) is -4.12. The van der Waals surface area contributed by atoms with Crippen molar-refractivity contribution in [3.05, 3.63) is 47.5 Å². The van der Waals surface area contributed by atoms with Crippen LogP contribution in [0.5, 0.6) is 11.5 Å². The predicted octanol–water partition coefficient (Wildman–Crippen LogP) is 2.65. The summed E-state index contributed by atoms with van der Waals surface area (Å²) in [5.41, 5.74) is 0.254. The molecular weight excluding hydrogens is 422 g/mol. The van der Waals surface area contributed by atoms with Crippen molar-refractivity contribution in [3.8, 4) is 11.5 Å². The third kappa shape index (κ3) is 4.67. The number of benzene rings is 2. The average molecular weight is 442 g/mol. The summed E-state index contributed by atoms with van der Waals surface area (Å²) < 4.78 is 58.7. The van der Waals surface area contributed by atoms with E-state index in [2.05, 4.69) is 5.32 Å². The van der Waals surface area contributed by atoms with E-state index in [-0.39, 0.29) is 28.3 Å². The van der Waals surface area contributed by atoms with Gasteiger partial charge in [0.15, 0.2) is 11.5 Å². The van der Waals surface area contributed by atoms with Gasteiger partial charge in [-0.05, 0) is 30.3 Å². The number of nitrogens with zero attached hydrogens (tertiary/aromatic N) is 1. The van der Waals surface area contributed by atoms with Gasteiger partial charge in [-0.3, -0.25) is 9.59 Å². The van der Waals surface area contributed by atoms with E-state index in [9.17, 15) is 26.8 Å². The fourth-order valence-corrected chi connectivity index (χ4v) is 3.21. The van der Waals surface area contributed by atoms with E-state index in [1.54, 1.807) is 0 Å². The van der Waals surface area contributed by atoms with Crippen LogP contribution in [0.4, 0.5) is 14.5 Å². The summed E-state index contributed by atoms with van der Waals surface area (Å²) in [6.45, 7) is 0. The third-order valence-electron chi connectivity index (χ3n) is 4.09. The first kappa shape index (κ1) is 23.1. The average Bonchev–Trinajstić information content (AvgIpc) is 2.72. The number of hydrogen-bond donors (Lipinski definition) is 1. The molecular formula is C19H20F2N2O6S. The Morgan fingerprint density at radius 3 is 2.00 bits per heavy atom. The van der Waals surface area contributed by atoms with Gasteiger partial charge in [-0.25, -0.2) is 8.42 Å². The van der Waals surface area contributed by atoms with Crippen molar-refractivity contribution in [2.75, 3.05) is 33.6 Å². The Morgan fingerprint density at radius 1 is 1.00 bits per heavy atom. The molecule has 0 heterocycles. The SMILES string of the molecule is COc1cc(NC(=O)c2ccc(S(=O)(=O)C(F)F)cc2)c(C(=O)N(C)C)cc1OC. The number of methoxy groups -OCH3 is 2. The van der Waals surface area contributed by atoms with E-state index in [1.807, 2.05) is 0 Å². The number of hydrogen-bond acceptors (Lipinski definition) is 6. The van der Waals surface area contributed by atoms with Crippen LogP contribution >= 0.6 is 0 Å². The fraction of sp³-hybridized carbons (Fsp3) is 0.263. The highest BCUT2D eigenvalue weighted by Gasteiger charge is 2.27. The summed E-state index contributed by atoms with van der Waals surface area (Å²) in [6.07, 6.45) is 0. The largest absolute Gasteiger partial charge is 0.493 e. The van der Waals surface area contributed by atoms with E-state index in [0.29, 0.717) is 0 Å². The number of nitrogens with one attached hydrogen (secondary N) is 1. The first-order valence-electron chi connectivity index (χ1n) is 8.44. The van der Waals surface area contributed by atoms with Crippen LogP contribution in [-0.2, 0) is 9.84 Å². The monoisotopic (exact) mass is 442 g/mol. The van der Waals surface area contributed by atoms with Crippen molar-refractivity contribution in [1.82, 2.24) is 4.90 Å². The molecule has 0 aliphatic rings. The lowest BCUT2D eigenvalue weighted by atomic mass is 10.1. The summed E-state index contributed by atoms with van der Waals surface area (Å²) in [5, 5.41) is 2.55. The quantitative estimate of drug-likeness (QED) is 0.707. The van der Waals surface area contributed by atoms with Crippen LogP contribution in [0.2, 0.25) is 0 Å². The third-order valence-corrected chi connectivity index (χ3v) is 5.49. The molecule has 1 N–H and O–H groups in total. The molecule has 0 bridgehead atoms. The maximum Gasteiger partial charge on any atom is 0.341 e. The topological polar surface area (TPSA) is 102 Å². The minimum absolute atomic E-state index is 0.00116. The van der Waals surface area contributed by atoms with Crippen LogP contribution in [0, 0.1) is 0 Å². The number of anilines is 1. The lowest BCUT2D eigenvalue weighted by Gasteiger charge is -2.18. The van der Waals surface area contributed by atoms with Gasteiger partial charge in [0.1, 0.15) is 0 Å². The molecule has 0 aromatic heterocycles. The van der Waals surface area contributed by atoms with Gasteiger partial charge < -0.3 is 19.7 Å². The van der Waals surface area contributed by atoms with Gasteiger partial charge in [0, 0.05) is 25.7 Å². The van der Waals surface area contributed by atoms with E-state index in [0.717, 1.165) is 24.3 Å². The number of rotatable bonds is 7. The molecule has 11 heteroatoms. The minimum atomic E-state index is -4.77. The standard InChI is InChI=1S/C19H20F2N2O6S/c1-23(2)18(25)13-9-15(28-3)16(29-4)10-14(13)22-17(24)11-5-7-12(8-6-11)30(26,27)19(20)21/h5-10,19H,1-4H3,(H,22,24). The number of alkyl halides is 2. The summed E-state index contributed by atoms with van der Waals surface area (Å²) in [7, 11) is 1.09. The molecule has 2 aromatic carbocycles. The molecule has 0 fully saturated rings. The Morgan fingerprint density at radius 2 is 1.53 bits per heavy atom. The van der Waals surface area contributed by atoms with Crippen LogP contribution in [0.25, 0.3) is 0 Å². The Labute approximate surface area is 172 Å². The molecule has 0 unspecified atom stereocenters. The van der Waals surface area contributed by atoms with Gasteiger partial charge in [-0.2, -0.15) is 8.78 Å². The van der Waals surface area contributed by atoms with E-state index < -0.39 is 32.3 Å². The second kappa shape index (κ2) is 9.08. The highest BCUT2D eigenvalue weighted by Crippen LogP contribution is 2.34. The summed E-state index contributed by atoms with van der Waals surface area (Å²) >= 11 is 0. The zero-order valence-corrected chi connectivity index (χ0v) is 17.4. The Hall–Kier alpha value is -3.21. The van der Waals surface area contributed by atoms with Gasteiger partial charge >= 0.3 is 5.76 Å². The summed E-state index contributed by atoms with van der Waals surface area (Å²) in [4.78, 5) is 25.8. The molecule has 162 valence electrons. The van der Waals surface area contributed by atoms with Gasteiger partial charge in [-0.15, -0.1) is 0 Å². The van der Waals surface area contributed by atoms with Gasteiger partial charge in [-0.1, -0.05) is 0 Å². The van der Waals surface area contributed by atoms with Crippen molar-refractivity contribution < 1.29 is 36.3 Å². The van der Waals surface area contributed by atoms with E-state index in [4.69, 9.17) is 9.47 Å². The number of carbonyl (C=O) groups is 2. The van der Waals surface area contributed by atoms with Crippen molar-refractivity contribution in [1.29, 1.82) is 0 Å². The molecule has 2 aromatic rings. The zero-order chi connectivity index (χ0) is 22.6. The lowest BCUT2D eigenvalue weighted by molar-refractivity contribution is 0.0828.